The van der Waals surface area contributed by atoms with Gasteiger partial charge in [-0.3, -0.25) is 4.68 Å². The van der Waals surface area contributed by atoms with Gasteiger partial charge in [-0.25, -0.2) is 4.39 Å². The normalized spacial score (nSPS) is 15.1. The Kier molecular flexibility index (Phi) is 3.34. The number of fused-ring (bicyclic) bond motifs is 1. The molecule has 100 valence electrons. The van der Waals surface area contributed by atoms with E-state index in [1.807, 2.05) is 16.8 Å². The molecule has 1 aromatic heterocycles. The molecule has 1 aromatic carbocycles. The van der Waals surface area contributed by atoms with Crippen molar-refractivity contribution in [2.24, 2.45) is 0 Å². The molecule has 0 amide bonds. The second-order valence-corrected chi connectivity index (χ2v) is 4.82. The van der Waals surface area contributed by atoms with Crippen LogP contribution in [0.1, 0.15) is 18.2 Å². The number of rotatable bonds is 2. The van der Waals surface area contributed by atoms with Crippen LogP contribution in [0, 0.1) is 5.82 Å². The number of aryl methyl sites for hydroxylation is 1. The Morgan fingerprint density at radius 1 is 1.26 bits per heavy atom. The summed E-state index contributed by atoms with van der Waals surface area (Å²) in [5, 5.41) is 8.02. The number of hydrogen-bond donors (Lipinski definition) is 1. The average Bonchev–Trinajstić information content (AvgIpc) is 2.61. The average molecular weight is 259 g/mol. The van der Waals surface area contributed by atoms with Gasteiger partial charge >= 0.3 is 0 Å². The second-order valence-electron chi connectivity index (χ2n) is 4.82. The molecule has 4 heteroatoms. The van der Waals surface area contributed by atoms with Crippen molar-refractivity contribution in [3.63, 3.8) is 0 Å². The molecule has 0 bridgehead atoms. The Bertz CT molecular complexity index is 589. The Hall–Kier alpha value is -1.68. The molecule has 3 rings (SSSR count). The number of hydrogen-bond acceptors (Lipinski definition) is 2. The molecule has 0 atom stereocenters. The van der Waals surface area contributed by atoms with Crippen molar-refractivity contribution in [2.75, 3.05) is 13.1 Å². The van der Waals surface area contributed by atoms with E-state index >= 15 is 0 Å². The number of halogens is 1. The lowest BCUT2D eigenvalue weighted by Crippen LogP contribution is -2.17. The minimum absolute atomic E-state index is 0.169. The van der Waals surface area contributed by atoms with Gasteiger partial charge in [0.25, 0.3) is 0 Å². The molecule has 0 spiro atoms. The van der Waals surface area contributed by atoms with Gasteiger partial charge < -0.3 is 5.32 Å². The number of nitrogens with zero attached hydrogens (tertiary/aromatic N) is 2. The summed E-state index contributed by atoms with van der Waals surface area (Å²) in [6.45, 7) is 4.70. The van der Waals surface area contributed by atoms with Gasteiger partial charge in [-0.05, 0) is 32.0 Å². The highest BCUT2D eigenvalue weighted by molar-refractivity contribution is 5.65. The van der Waals surface area contributed by atoms with Crippen molar-refractivity contribution in [1.29, 1.82) is 0 Å². The highest BCUT2D eigenvalue weighted by Gasteiger charge is 2.21. The summed E-state index contributed by atoms with van der Waals surface area (Å²) in [5.41, 5.74) is 3.95. The van der Waals surface area contributed by atoms with Crippen molar-refractivity contribution in [2.45, 2.75) is 26.3 Å². The van der Waals surface area contributed by atoms with Crippen molar-refractivity contribution >= 4 is 0 Å². The van der Waals surface area contributed by atoms with Gasteiger partial charge in [0.1, 0.15) is 5.82 Å². The predicted octanol–water partition coefficient (Wildman–Crippen LogP) is 2.40. The molecule has 0 unspecified atom stereocenters. The summed E-state index contributed by atoms with van der Waals surface area (Å²) in [4.78, 5) is 0. The molecular formula is C15H18FN3. The molecule has 19 heavy (non-hydrogen) atoms. The topological polar surface area (TPSA) is 29.9 Å². The minimum atomic E-state index is -0.169. The van der Waals surface area contributed by atoms with E-state index in [1.54, 1.807) is 6.07 Å². The van der Waals surface area contributed by atoms with E-state index in [4.69, 9.17) is 0 Å². The largest absolute Gasteiger partial charge is 0.316 e. The third-order valence-corrected chi connectivity index (χ3v) is 3.65. The molecule has 1 N–H and O–H groups in total. The first-order valence-corrected chi connectivity index (χ1v) is 6.85. The summed E-state index contributed by atoms with van der Waals surface area (Å²) < 4.78 is 16.0. The third-order valence-electron chi connectivity index (χ3n) is 3.65. The Morgan fingerprint density at radius 3 is 2.84 bits per heavy atom. The molecular weight excluding hydrogens is 241 g/mol. The second kappa shape index (κ2) is 5.13. The van der Waals surface area contributed by atoms with Gasteiger partial charge in [0, 0.05) is 30.6 Å². The van der Waals surface area contributed by atoms with E-state index in [9.17, 15) is 4.39 Å². The van der Waals surface area contributed by atoms with Crippen LogP contribution < -0.4 is 5.32 Å². The van der Waals surface area contributed by atoms with E-state index in [1.165, 1.54) is 11.6 Å². The molecule has 0 saturated heterocycles. The maximum absolute atomic E-state index is 14.1. The fourth-order valence-electron chi connectivity index (χ4n) is 2.74. The van der Waals surface area contributed by atoms with E-state index in [0.717, 1.165) is 43.9 Å². The van der Waals surface area contributed by atoms with Gasteiger partial charge in [-0.1, -0.05) is 12.1 Å². The zero-order valence-electron chi connectivity index (χ0n) is 11.1. The summed E-state index contributed by atoms with van der Waals surface area (Å²) in [7, 11) is 0. The van der Waals surface area contributed by atoms with Gasteiger partial charge in [-0.2, -0.15) is 5.10 Å². The number of nitrogens with one attached hydrogen (secondary N) is 1. The quantitative estimate of drug-likeness (QED) is 0.897. The summed E-state index contributed by atoms with van der Waals surface area (Å²) in [6.07, 6.45) is 1.84. The van der Waals surface area contributed by atoms with Gasteiger partial charge in [-0.15, -0.1) is 0 Å². The van der Waals surface area contributed by atoms with Crippen LogP contribution in [-0.4, -0.2) is 22.9 Å². The highest BCUT2D eigenvalue weighted by atomic mass is 19.1. The van der Waals surface area contributed by atoms with Crippen molar-refractivity contribution in [1.82, 2.24) is 15.1 Å². The molecule has 1 aliphatic rings. The lowest BCUT2D eigenvalue weighted by atomic mass is 10.0. The van der Waals surface area contributed by atoms with Gasteiger partial charge in [0.2, 0.25) is 0 Å². The fraction of sp³-hybridized carbons (Fsp3) is 0.400. The van der Waals surface area contributed by atoms with E-state index in [2.05, 4.69) is 17.3 Å². The van der Waals surface area contributed by atoms with Crippen molar-refractivity contribution in [3.05, 3.63) is 41.3 Å². The van der Waals surface area contributed by atoms with E-state index < -0.39 is 0 Å². The van der Waals surface area contributed by atoms with E-state index in [-0.39, 0.29) is 5.82 Å². The van der Waals surface area contributed by atoms with Crippen LogP contribution in [0.5, 0.6) is 0 Å². The third kappa shape index (κ3) is 2.16. The van der Waals surface area contributed by atoms with Crippen LogP contribution in [0.15, 0.2) is 24.3 Å². The lowest BCUT2D eigenvalue weighted by molar-refractivity contribution is 0.615. The first-order chi connectivity index (χ1) is 9.31. The minimum Gasteiger partial charge on any atom is -0.316 e. The molecule has 3 nitrogen and oxygen atoms in total. The first kappa shape index (κ1) is 12.4. The van der Waals surface area contributed by atoms with Gasteiger partial charge in [0.05, 0.1) is 11.4 Å². The Morgan fingerprint density at radius 2 is 2.05 bits per heavy atom. The SMILES string of the molecule is CCn1nc2c(c1-c1ccccc1F)CCNCC2. The molecule has 0 radical (unpaired) electrons. The first-order valence-electron chi connectivity index (χ1n) is 6.85. The van der Waals surface area contributed by atoms with Crippen molar-refractivity contribution in [3.8, 4) is 11.3 Å². The lowest BCUT2D eigenvalue weighted by Gasteiger charge is -2.09. The molecule has 2 heterocycles. The summed E-state index contributed by atoms with van der Waals surface area (Å²) in [5.74, 6) is -0.169. The highest BCUT2D eigenvalue weighted by Crippen LogP contribution is 2.30. The predicted molar refractivity (Wildman–Crippen MR) is 73.6 cm³/mol. The maximum Gasteiger partial charge on any atom is 0.132 e. The summed E-state index contributed by atoms with van der Waals surface area (Å²) >= 11 is 0. The maximum atomic E-state index is 14.1. The molecule has 0 aliphatic carbocycles. The van der Waals surface area contributed by atoms with Crippen molar-refractivity contribution < 1.29 is 4.39 Å². The molecule has 0 fully saturated rings. The van der Waals surface area contributed by atoms with Gasteiger partial charge in [0.15, 0.2) is 0 Å². The van der Waals surface area contributed by atoms with E-state index in [0.29, 0.717) is 5.56 Å². The van der Waals surface area contributed by atoms with Crippen LogP contribution in [0.25, 0.3) is 11.3 Å². The molecule has 1 aliphatic heterocycles. The van der Waals surface area contributed by atoms with Crippen LogP contribution in [-0.2, 0) is 19.4 Å². The standard InChI is InChI=1S/C15H18FN3/c1-2-19-15(11-5-3-4-6-13(11)16)12-7-9-17-10-8-14(12)18-19/h3-6,17H,2,7-10H2,1H3. The zero-order valence-corrected chi connectivity index (χ0v) is 11.1. The molecule has 0 saturated carbocycles. The summed E-state index contributed by atoms with van der Waals surface area (Å²) in [6, 6.07) is 6.97. The van der Waals surface area contributed by atoms with Crippen LogP contribution >= 0.6 is 0 Å². The zero-order chi connectivity index (χ0) is 13.2. The Labute approximate surface area is 112 Å². The van der Waals surface area contributed by atoms with Crippen LogP contribution in [0.4, 0.5) is 4.39 Å². The number of benzene rings is 1. The van der Waals surface area contributed by atoms with Crippen LogP contribution in [0.3, 0.4) is 0 Å². The monoisotopic (exact) mass is 259 g/mol. The Balaban J connectivity index is 2.19. The molecule has 2 aromatic rings. The smallest absolute Gasteiger partial charge is 0.132 e. The fourth-order valence-corrected chi connectivity index (χ4v) is 2.74. The van der Waals surface area contributed by atoms with Crippen LogP contribution in [0.2, 0.25) is 0 Å². The number of aromatic nitrogens is 2.